The molecular weight excluding hydrogens is 470 g/mol. The molecule has 180 valence electrons. The van der Waals surface area contributed by atoms with Gasteiger partial charge in [0.1, 0.15) is 29.8 Å². The van der Waals surface area contributed by atoms with Crippen LogP contribution in [0.3, 0.4) is 0 Å². The molecule has 0 unspecified atom stereocenters. The standard InChI is InChI=1S/C24H23N5O5S/c1-15(2)13-21-27-28-22(25)20(23(30)26-24(28)35-21)14-16-3-7-18(8-4-16)33-11-12-34-19-9-5-17(6-10-19)29(31)32/h3-10,14-15,25H,11-13H2,1-2H3/b20-14-,25-22?. The molecule has 11 heteroatoms. The first-order valence-corrected chi connectivity index (χ1v) is 11.7. The van der Waals surface area contributed by atoms with Crippen LogP contribution in [-0.4, -0.2) is 45.1 Å². The Kier molecular flexibility index (Phi) is 7.25. The predicted molar refractivity (Wildman–Crippen MR) is 135 cm³/mol. The van der Waals surface area contributed by atoms with Crippen molar-refractivity contribution >= 4 is 45.5 Å². The lowest BCUT2D eigenvalue weighted by molar-refractivity contribution is -0.384. The maximum Gasteiger partial charge on any atom is 0.283 e. The number of carbonyl (C=O) groups is 1. The van der Waals surface area contributed by atoms with E-state index in [0.717, 1.165) is 17.0 Å². The molecule has 2 aliphatic rings. The van der Waals surface area contributed by atoms with Crippen molar-refractivity contribution in [2.75, 3.05) is 13.2 Å². The van der Waals surface area contributed by atoms with E-state index in [1.165, 1.54) is 41.0 Å². The van der Waals surface area contributed by atoms with E-state index in [2.05, 4.69) is 23.9 Å². The normalized spacial score (nSPS) is 16.3. The topological polar surface area (TPSA) is 130 Å². The second-order valence-electron chi connectivity index (χ2n) is 8.13. The van der Waals surface area contributed by atoms with Gasteiger partial charge in [0.15, 0.2) is 5.84 Å². The van der Waals surface area contributed by atoms with Gasteiger partial charge in [-0.05, 0) is 53.6 Å². The molecule has 2 aromatic rings. The van der Waals surface area contributed by atoms with Gasteiger partial charge in [-0.25, -0.2) is 0 Å². The number of nitro benzene ring substituents is 1. The average molecular weight is 494 g/mol. The van der Waals surface area contributed by atoms with E-state index in [0.29, 0.717) is 22.6 Å². The molecule has 2 aromatic carbocycles. The number of nitrogens with one attached hydrogen (secondary N) is 1. The van der Waals surface area contributed by atoms with E-state index < -0.39 is 10.8 Å². The SMILES string of the molecule is CC(C)CC1=NN2C(=N)/C(=C/c3ccc(OCCOc4ccc([N+](=O)[O-])cc4)cc3)C(=O)N=C2S1. The minimum Gasteiger partial charge on any atom is -0.490 e. The summed E-state index contributed by atoms with van der Waals surface area (Å²) in [5, 5.41) is 26.3. The zero-order chi connectivity index (χ0) is 24.9. The molecule has 2 aliphatic heterocycles. The molecule has 0 radical (unpaired) electrons. The summed E-state index contributed by atoms with van der Waals surface area (Å²) in [4.78, 5) is 26.9. The first-order chi connectivity index (χ1) is 16.8. The van der Waals surface area contributed by atoms with E-state index in [1.807, 2.05) is 0 Å². The third-order valence-electron chi connectivity index (χ3n) is 4.94. The van der Waals surface area contributed by atoms with Gasteiger partial charge in [0.2, 0.25) is 5.17 Å². The molecule has 2 heterocycles. The Bertz CT molecular complexity index is 1240. The number of amidine groups is 2. The number of benzene rings is 2. The zero-order valence-corrected chi connectivity index (χ0v) is 19.9. The Balaban J connectivity index is 1.32. The highest BCUT2D eigenvalue weighted by Gasteiger charge is 2.35. The summed E-state index contributed by atoms with van der Waals surface area (Å²) in [5.74, 6) is 1.10. The molecule has 0 saturated heterocycles. The van der Waals surface area contributed by atoms with Crippen LogP contribution < -0.4 is 9.47 Å². The minimum absolute atomic E-state index is 0.00360. The second-order valence-corrected chi connectivity index (χ2v) is 9.17. The number of thioether (sulfide) groups is 1. The Morgan fingerprint density at radius 3 is 2.26 bits per heavy atom. The molecule has 1 N–H and O–H groups in total. The summed E-state index contributed by atoms with van der Waals surface area (Å²) in [6.45, 7) is 4.72. The van der Waals surface area contributed by atoms with Gasteiger partial charge in [0.05, 0.1) is 10.5 Å². The fourth-order valence-electron chi connectivity index (χ4n) is 3.27. The largest absolute Gasteiger partial charge is 0.490 e. The monoisotopic (exact) mass is 493 g/mol. The molecule has 0 atom stereocenters. The molecule has 10 nitrogen and oxygen atoms in total. The van der Waals surface area contributed by atoms with E-state index in [4.69, 9.17) is 14.9 Å². The van der Waals surface area contributed by atoms with E-state index in [1.54, 1.807) is 30.3 Å². The smallest absolute Gasteiger partial charge is 0.283 e. The van der Waals surface area contributed by atoms with Crippen molar-refractivity contribution in [3.8, 4) is 11.5 Å². The number of amides is 1. The van der Waals surface area contributed by atoms with Gasteiger partial charge in [-0.1, -0.05) is 26.0 Å². The first-order valence-electron chi connectivity index (χ1n) is 10.9. The highest BCUT2D eigenvalue weighted by molar-refractivity contribution is 8.26. The zero-order valence-electron chi connectivity index (χ0n) is 19.1. The Hall–Kier alpha value is -3.99. The number of ether oxygens (including phenoxy) is 2. The van der Waals surface area contributed by atoms with Gasteiger partial charge in [-0.15, -0.1) is 0 Å². The fraction of sp³-hybridized carbons (Fsp3) is 0.250. The van der Waals surface area contributed by atoms with Crippen molar-refractivity contribution in [3.63, 3.8) is 0 Å². The van der Waals surface area contributed by atoms with Crippen molar-refractivity contribution in [1.29, 1.82) is 5.41 Å². The van der Waals surface area contributed by atoms with Crippen LogP contribution in [0.5, 0.6) is 11.5 Å². The third kappa shape index (κ3) is 5.93. The van der Waals surface area contributed by atoms with Crippen molar-refractivity contribution in [2.45, 2.75) is 20.3 Å². The summed E-state index contributed by atoms with van der Waals surface area (Å²) in [7, 11) is 0. The molecule has 0 saturated carbocycles. The minimum atomic E-state index is -0.465. The van der Waals surface area contributed by atoms with Crippen LogP contribution in [0.2, 0.25) is 0 Å². The Morgan fingerprint density at radius 1 is 1.09 bits per heavy atom. The number of aliphatic imine (C=N–C) groups is 1. The number of nitro groups is 1. The number of rotatable bonds is 9. The molecule has 0 bridgehead atoms. The maximum atomic E-state index is 12.5. The fourth-order valence-corrected chi connectivity index (χ4v) is 4.37. The number of non-ortho nitro benzene ring substituents is 1. The number of fused-ring (bicyclic) bond motifs is 1. The number of hydrazone groups is 1. The lowest BCUT2D eigenvalue weighted by atomic mass is 10.1. The van der Waals surface area contributed by atoms with Crippen molar-refractivity contribution in [1.82, 2.24) is 5.01 Å². The van der Waals surface area contributed by atoms with Gasteiger partial charge in [0.25, 0.3) is 11.6 Å². The molecule has 0 aromatic heterocycles. The Labute approximate surface area is 206 Å². The average Bonchev–Trinajstić information content (AvgIpc) is 3.22. The second kappa shape index (κ2) is 10.5. The van der Waals surface area contributed by atoms with Gasteiger partial charge in [0, 0.05) is 18.6 Å². The molecule has 0 spiro atoms. The Morgan fingerprint density at radius 2 is 1.69 bits per heavy atom. The quantitative estimate of drug-likeness (QED) is 0.231. The van der Waals surface area contributed by atoms with Crippen molar-refractivity contribution in [3.05, 3.63) is 69.8 Å². The van der Waals surface area contributed by atoms with Gasteiger partial charge < -0.3 is 9.47 Å². The lowest BCUT2D eigenvalue weighted by Crippen LogP contribution is -2.35. The molecule has 0 fully saturated rings. The van der Waals surface area contributed by atoms with E-state index in [-0.39, 0.29) is 30.3 Å². The highest BCUT2D eigenvalue weighted by atomic mass is 32.2. The number of nitrogens with zero attached hydrogens (tertiary/aromatic N) is 4. The first kappa shape index (κ1) is 24.1. The van der Waals surface area contributed by atoms with Crippen LogP contribution in [0.4, 0.5) is 5.69 Å². The highest BCUT2D eigenvalue weighted by Crippen LogP contribution is 2.30. The molecule has 0 aliphatic carbocycles. The van der Waals surface area contributed by atoms with Crippen LogP contribution in [0.1, 0.15) is 25.8 Å². The van der Waals surface area contributed by atoms with Crippen LogP contribution >= 0.6 is 11.8 Å². The summed E-state index contributed by atoms with van der Waals surface area (Å²) in [6.07, 6.45) is 2.38. The summed E-state index contributed by atoms with van der Waals surface area (Å²) < 4.78 is 11.2. The van der Waals surface area contributed by atoms with Crippen LogP contribution in [0.25, 0.3) is 6.08 Å². The predicted octanol–water partition coefficient (Wildman–Crippen LogP) is 4.72. The van der Waals surface area contributed by atoms with Crippen LogP contribution in [0, 0.1) is 21.4 Å². The summed E-state index contributed by atoms with van der Waals surface area (Å²) in [6, 6.07) is 12.9. The molecule has 1 amide bonds. The summed E-state index contributed by atoms with van der Waals surface area (Å²) in [5.41, 5.74) is 0.905. The molecule has 4 rings (SSSR count). The molecule has 35 heavy (non-hydrogen) atoms. The van der Waals surface area contributed by atoms with Crippen molar-refractivity contribution < 1.29 is 19.2 Å². The van der Waals surface area contributed by atoms with E-state index in [9.17, 15) is 14.9 Å². The van der Waals surface area contributed by atoms with Crippen LogP contribution in [0.15, 0.2) is 64.2 Å². The van der Waals surface area contributed by atoms with Crippen molar-refractivity contribution in [2.24, 2.45) is 16.0 Å². The summed E-state index contributed by atoms with van der Waals surface area (Å²) >= 11 is 1.33. The van der Waals surface area contributed by atoms with Gasteiger partial charge in [-0.3, -0.25) is 20.3 Å². The number of hydrogen-bond acceptors (Lipinski definition) is 8. The van der Waals surface area contributed by atoms with E-state index >= 15 is 0 Å². The maximum absolute atomic E-state index is 12.5. The number of carbonyl (C=O) groups excluding carboxylic acids is 1. The van der Waals surface area contributed by atoms with Crippen LogP contribution in [-0.2, 0) is 4.79 Å². The third-order valence-corrected chi connectivity index (χ3v) is 5.87. The van der Waals surface area contributed by atoms with Gasteiger partial charge in [-0.2, -0.15) is 15.1 Å². The molecular formula is C24H23N5O5S. The lowest BCUT2D eigenvalue weighted by Gasteiger charge is -2.20. The van der Waals surface area contributed by atoms with Gasteiger partial charge >= 0.3 is 0 Å². The number of hydrogen-bond donors (Lipinski definition) is 1.